The van der Waals surface area contributed by atoms with Gasteiger partial charge >= 0.3 is 10.3 Å². The third-order valence-corrected chi connectivity index (χ3v) is 5.05. The predicted molar refractivity (Wildman–Crippen MR) is 80.6 cm³/mol. The zero-order chi connectivity index (χ0) is 14.2. The number of hydrogen-bond acceptors (Lipinski definition) is 4. The zero-order valence-electron chi connectivity index (χ0n) is 10.9. The zero-order valence-corrected chi connectivity index (χ0v) is 12.5. The molecule has 5 nitrogen and oxygen atoms in total. The minimum Gasteiger partial charge on any atom is -0.269 e. The largest absolute Gasteiger partial charge is 0.357 e. The van der Waals surface area contributed by atoms with Crippen LogP contribution in [0.1, 0.15) is 43.7 Å². The van der Waals surface area contributed by atoms with Crippen LogP contribution in [-0.2, 0) is 10.3 Å². The van der Waals surface area contributed by atoms with Crippen LogP contribution in [0.15, 0.2) is 18.2 Å². The number of anilines is 1. The fourth-order valence-corrected chi connectivity index (χ4v) is 4.16. The van der Waals surface area contributed by atoms with Crippen LogP contribution in [0.4, 0.5) is 5.69 Å². The first-order valence-electron chi connectivity index (χ1n) is 6.67. The quantitative estimate of drug-likeness (QED) is 0.849. The topological polar surface area (TPSA) is 79.3 Å². The van der Waals surface area contributed by atoms with E-state index in [0.29, 0.717) is 11.6 Å². The van der Waals surface area contributed by atoms with E-state index in [1.54, 1.807) is 12.1 Å². The lowest BCUT2D eigenvalue weighted by molar-refractivity contribution is 0.441. The summed E-state index contributed by atoms with van der Waals surface area (Å²) in [4.78, 5) is 0. The highest BCUT2D eigenvalue weighted by Crippen LogP contribution is 2.37. The Kier molecular flexibility index (Phi) is 3.66. The summed E-state index contributed by atoms with van der Waals surface area (Å²) in [6.45, 7) is 0. The minimum atomic E-state index is -4.23. The average molecular weight is 312 g/mol. The van der Waals surface area contributed by atoms with Crippen molar-refractivity contribution in [2.24, 2.45) is 0 Å². The Morgan fingerprint density at radius 3 is 2.70 bits per heavy atom. The van der Waals surface area contributed by atoms with Gasteiger partial charge in [-0.3, -0.25) is 9.27 Å². The van der Waals surface area contributed by atoms with E-state index in [-0.39, 0.29) is 0 Å². The molecule has 0 saturated heterocycles. The van der Waals surface area contributed by atoms with Crippen molar-refractivity contribution in [2.75, 3.05) is 4.72 Å². The number of aromatic nitrogens is 1. The fourth-order valence-electron chi connectivity index (χ4n) is 2.84. The molecule has 20 heavy (non-hydrogen) atoms. The Morgan fingerprint density at radius 2 is 2.00 bits per heavy atom. The van der Waals surface area contributed by atoms with Crippen LogP contribution in [0.2, 0.25) is 0 Å². The van der Waals surface area contributed by atoms with Gasteiger partial charge in [-0.25, -0.2) is 0 Å². The molecule has 1 aromatic heterocycles. The molecular formula is C13H16N2O3S2. The second-order valence-corrected chi connectivity index (χ2v) is 7.15. The molecule has 108 valence electrons. The Balaban J connectivity index is 1.93. The van der Waals surface area contributed by atoms with E-state index in [2.05, 4.69) is 9.10 Å². The monoisotopic (exact) mass is 312 g/mol. The summed E-state index contributed by atoms with van der Waals surface area (Å²) in [6, 6.07) is 5.26. The highest BCUT2D eigenvalue weighted by Gasteiger charge is 2.20. The van der Waals surface area contributed by atoms with Crippen LogP contribution in [0.25, 0.3) is 10.1 Å². The van der Waals surface area contributed by atoms with Crippen molar-refractivity contribution in [1.29, 1.82) is 0 Å². The molecule has 0 amide bonds. The summed E-state index contributed by atoms with van der Waals surface area (Å²) in [5.74, 6) is 0.526. The average Bonchev–Trinajstić information content (AvgIpc) is 2.81. The lowest BCUT2D eigenvalue weighted by Crippen LogP contribution is -2.10. The number of hydrogen-bond donors (Lipinski definition) is 2. The molecule has 3 rings (SSSR count). The van der Waals surface area contributed by atoms with E-state index >= 15 is 0 Å². The van der Waals surface area contributed by atoms with Crippen LogP contribution in [0, 0.1) is 0 Å². The van der Waals surface area contributed by atoms with Crippen molar-refractivity contribution in [1.82, 2.24) is 4.37 Å². The van der Waals surface area contributed by atoms with Crippen molar-refractivity contribution < 1.29 is 13.0 Å². The van der Waals surface area contributed by atoms with Gasteiger partial charge in [-0.2, -0.15) is 12.8 Å². The maximum absolute atomic E-state index is 10.8. The van der Waals surface area contributed by atoms with Gasteiger partial charge in [-0.15, -0.1) is 0 Å². The summed E-state index contributed by atoms with van der Waals surface area (Å²) in [7, 11) is -4.23. The molecule has 0 radical (unpaired) electrons. The number of rotatable bonds is 3. The number of fused-ring (bicyclic) bond motifs is 1. The van der Waals surface area contributed by atoms with Crippen LogP contribution >= 0.6 is 11.5 Å². The standard InChI is InChI=1S/C13H16N2O3S2/c16-20(17,18)15-10-6-7-11-12(8-10)19-14-13(11)9-4-2-1-3-5-9/h6-9,15H,1-5H2,(H,16,17,18). The number of nitrogens with one attached hydrogen (secondary N) is 1. The molecule has 0 aliphatic heterocycles. The van der Waals surface area contributed by atoms with Gasteiger partial charge < -0.3 is 0 Å². The first-order chi connectivity index (χ1) is 9.53. The highest BCUT2D eigenvalue weighted by molar-refractivity contribution is 7.87. The van der Waals surface area contributed by atoms with E-state index in [1.807, 2.05) is 6.07 Å². The molecule has 0 spiro atoms. The lowest BCUT2D eigenvalue weighted by Gasteiger charge is -2.20. The van der Waals surface area contributed by atoms with E-state index in [4.69, 9.17) is 4.55 Å². The van der Waals surface area contributed by atoms with Crippen LogP contribution in [-0.4, -0.2) is 17.3 Å². The molecule has 2 N–H and O–H groups in total. The molecule has 0 atom stereocenters. The van der Waals surface area contributed by atoms with Crippen molar-refractivity contribution in [3.63, 3.8) is 0 Å². The van der Waals surface area contributed by atoms with Gasteiger partial charge in [-0.1, -0.05) is 19.3 Å². The van der Waals surface area contributed by atoms with Gasteiger partial charge in [0.2, 0.25) is 0 Å². The molecule has 7 heteroatoms. The highest BCUT2D eigenvalue weighted by atomic mass is 32.2. The number of benzene rings is 1. The lowest BCUT2D eigenvalue weighted by atomic mass is 9.86. The normalized spacial score (nSPS) is 17.4. The summed E-state index contributed by atoms with van der Waals surface area (Å²) in [5.41, 5.74) is 1.50. The van der Waals surface area contributed by atoms with Crippen molar-refractivity contribution in [3.05, 3.63) is 23.9 Å². The maximum atomic E-state index is 10.8. The molecule has 1 saturated carbocycles. The number of nitrogens with zero attached hydrogens (tertiary/aromatic N) is 1. The second kappa shape index (κ2) is 5.31. The Morgan fingerprint density at radius 1 is 1.25 bits per heavy atom. The van der Waals surface area contributed by atoms with Crippen molar-refractivity contribution >= 4 is 37.6 Å². The summed E-state index contributed by atoms with van der Waals surface area (Å²) in [5, 5.41) is 1.10. The molecular weight excluding hydrogens is 296 g/mol. The van der Waals surface area contributed by atoms with Gasteiger partial charge in [0.15, 0.2) is 0 Å². The first-order valence-corrected chi connectivity index (χ1v) is 8.89. The molecule has 0 unspecified atom stereocenters. The minimum absolute atomic E-state index is 0.360. The first kappa shape index (κ1) is 13.8. The fraction of sp³-hybridized carbons (Fsp3) is 0.462. The summed E-state index contributed by atoms with van der Waals surface area (Å²) < 4.78 is 38.0. The van der Waals surface area contributed by atoms with Crippen LogP contribution in [0.5, 0.6) is 0 Å². The third kappa shape index (κ3) is 2.94. The molecule has 1 aromatic carbocycles. The molecule has 1 fully saturated rings. The van der Waals surface area contributed by atoms with E-state index in [0.717, 1.165) is 15.8 Å². The van der Waals surface area contributed by atoms with Crippen LogP contribution in [0.3, 0.4) is 0 Å². The van der Waals surface area contributed by atoms with E-state index < -0.39 is 10.3 Å². The maximum Gasteiger partial charge on any atom is 0.357 e. The Bertz CT molecular complexity index is 718. The van der Waals surface area contributed by atoms with Gasteiger partial charge in [0.05, 0.1) is 16.1 Å². The van der Waals surface area contributed by atoms with E-state index in [9.17, 15) is 8.42 Å². The predicted octanol–water partition coefficient (Wildman–Crippen LogP) is 3.56. The van der Waals surface area contributed by atoms with Gasteiger partial charge in [0, 0.05) is 11.3 Å². The Hall–Kier alpha value is -1.18. The summed E-state index contributed by atoms with van der Waals surface area (Å²) >= 11 is 1.38. The molecule has 1 aliphatic carbocycles. The third-order valence-electron chi connectivity index (χ3n) is 3.74. The molecule has 0 bridgehead atoms. The van der Waals surface area contributed by atoms with Gasteiger partial charge in [0.1, 0.15) is 0 Å². The molecule has 1 heterocycles. The van der Waals surface area contributed by atoms with Gasteiger partial charge in [0.25, 0.3) is 0 Å². The SMILES string of the molecule is O=S(=O)(O)Nc1ccc2c(C3CCCCC3)nsc2c1. The molecule has 1 aliphatic rings. The van der Waals surface area contributed by atoms with Gasteiger partial charge in [-0.05, 0) is 42.6 Å². The van der Waals surface area contributed by atoms with Crippen LogP contribution < -0.4 is 4.72 Å². The summed E-state index contributed by atoms with van der Waals surface area (Å²) in [6.07, 6.45) is 6.19. The smallest absolute Gasteiger partial charge is 0.269 e. The molecule has 2 aromatic rings. The van der Waals surface area contributed by atoms with Crippen molar-refractivity contribution in [2.45, 2.75) is 38.0 Å². The van der Waals surface area contributed by atoms with Crippen molar-refractivity contribution in [3.8, 4) is 0 Å². The Labute approximate surface area is 122 Å². The van der Waals surface area contributed by atoms with E-state index in [1.165, 1.54) is 43.6 Å². The second-order valence-electron chi connectivity index (χ2n) is 5.19.